The van der Waals surface area contributed by atoms with Crippen molar-refractivity contribution in [2.24, 2.45) is 11.3 Å². The van der Waals surface area contributed by atoms with Gasteiger partial charge in [0.15, 0.2) is 0 Å². The van der Waals surface area contributed by atoms with Gasteiger partial charge in [0.1, 0.15) is 12.1 Å². The van der Waals surface area contributed by atoms with Crippen LogP contribution < -0.4 is 5.32 Å². The maximum atomic E-state index is 13.9. The van der Waals surface area contributed by atoms with E-state index in [0.29, 0.717) is 19.5 Å². The van der Waals surface area contributed by atoms with Crippen LogP contribution in [0, 0.1) is 11.3 Å². The largest absolute Gasteiger partial charge is 0.467 e. The van der Waals surface area contributed by atoms with Crippen molar-refractivity contribution in [3.8, 4) is 0 Å². The molecular weight excluding hydrogens is 486 g/mol. The van der Waals surface area contributed by atoms with Crippen molar-refractivity contribution in [3.63, 3.8) is 0 Å². The first-order valence-electron chi connectivity index (χ1n) is 14.0. The van der Waals surface area contributed by atoms with Crippen LogP contribution in [-0.4, -0.2) is 122 Å². The van der Waals surface area contributed by atoms with Gasteiger partial charge in [-0.2, -0.15) is 0 Å². The summed E-state index contributed by atoms with van der Waals surface area (Å²) in [6, 6.07) is -1.59. The Kier molecular flexibility index (Phi) is 11.6. The fourth-order valence-corrected chi connectivity index (χ4v) is 5.59. The molecule has 0 spiro atoms. The van der Waals surface area contributed by atoms with Crippen molar-refractivity contribution in [1.29, 1.82) is 0 Å². The Morgan fingerprint density at radius 1 is 1.00 bits per heavy atom. The molecule has 0 aromatic carbocycles. The zero-order valence-electron chi connectivity index (χ0n) is 25.1. The summed E-state index contributed by atoms with van der Waals surface area (Å²) in [6.07, 6.45) is 4.28. The number of likely N-dealkylation sites (N-methyl/N-ethyl adjacent to an activating group) is 3. The molecule has 0 aromatic rings. The standard InChI is InChI=1S/C28H51N5O5/c1-19(2)22(17-30(6)18-23(34)33-16-12-14-21(33)27(37)38-9)32(8)26(36)24(28(3,4)5)29-25(35)20-13-10-11-15-31(20)7/h19-22,24H,10-18H2,1-9H3,(H,29,35)/t20-,21?,22-,24?/m1/s1. The van der Waals surface area contributed by atoms with E-state index in [1.807, 2.05) is 39.8 Å². The van der Waals surface area contributed by atoms with E-state index in [1.54, 1.807) is 16.8 Å². The molecule has 0 bridgehead atoms. The second kappa shape index (κ2) is 13.7. The molecule has 1 N–H and O–H groups in total. The van der Waals surface area contributed by atoms with Crippen molar-refractivity contribution < 1.29 is 23.9 Å². The van der Waals surface area contributed by atoms with Gasteiger partial charge in [0.25, 0.3) is 0 Å². The summed E-state index contributed by atoms with van der Waals surface area (Å²) >= 11 is 0. The highest BCUT2D eigenvalue weighted by atomic mass is 16.5. The number of nitrogens with zero attached hydrogens (tertiary/aromatic N) is 4. The Morgan fingerprint density at radius 3 is 2.18 bits per heavy atom. The third-order valence-corrected chi connectivity index (χ3v) is 8.04. The summed E-state index contributed by atoms with van der Waals surface area (Å²) in [6.45, 7) is 12.1. The van der Waals surface area contributed by atoms with Crippen molar-refractivity contribution in [3.05, 3.63) is 0 Å². The lowest BCUT2D eigenvalue weighted by Gasteiger charge is -2.40. The molecule has 3 amide bonds. The van der Waals surface area contributed by atoms with Gasteiger partial charge in [-0.05, 0) is 57.7 Å². The molecule has 10 heteroatoms. The average Bonchev–Trinajstić information content (AvgIpc) is 3.34. The lowest BCUT2D eigenvalue weighted by atomic mass is 9.84. The zero-order chi connectivity index (χ0) is 28.8. The molecule has 2 aliphatic rings. The Labute approximate surface area is 229 Å². The minimum absolute atomic E-state index is 0.0940. The fourth-order valence-electron chi connectivity index (χ4n) is 5.59. The lowest BCUT2D eigenvalue weighted by Crippen LogP contribution is -2.60. The van der Waals surface area contributed by atoms with E-state index in [1.165, 1.54) is 7.11 Å². The van der Waals surface area contributed by atoms with E-state index in [0.717, 1.165) is 32.2 Å². The SMILES string of the molecule is COC(=O)C1CCCN1C(=O)CN(C)C[C@H](C(C)C)N(C)C(=O)C(NC(=O)[C@H]1CCCCN1C)C(C)(C)C. The van der Waals surface area contributed by atoms with Crippen LogP contribution in [0.15, 0.2) is 0 Å². The minimum atomic E-state index is -0.672. The van der Waals surface area contributed by atoms with Gasteiger partial charge >= 0.3 is 5.97 Å². The van der Waals surface area contributed by atoms with E-state index >= 15 is 0 Å². The molecule has 4 atom stereocenters. The number of hydrogen-bond acceptors (Lipinski definition) is 7. The molecule has 2 aliphatic heterocycles. The average molecular weight is 538 g/mol. The maximum Gasteiger partial charge on any atom is 0.328 e. The molecule has 0 aliphatic carbocycles. The molecule has 10 nitrogen and oxygen atoms in total. The third-order valence-electron chi connectivity index (χ3n) is 8.04. The van der Waals surface area contributed by atoms with Gasteiger partial charge in [-0.25, -0.2) is 4.79 Å². The predicted octanol–water partition coefficient (Wildman–Crippen LogP) is 1.58. The maximum absolute atomic E-state index is 13.9. The highest BCUT2D eigenvalue weighted by Gasteiger charge is 2.40. The van der Waals surface area contributed by atoms with Gasteiger partial charge in [0.2, 0.25) is 17.7 Å². The zero-order valence-corrected chi connectivity index (χ0v) is 25.1. The van der Waals surface area contributed by atoms with Gasteiger partial charge in [-0.15, -0.1) is 0 Å². The van der Waals surface area contributed by atoms with Crippen molar-refractivity contribution in [2.45, 2.75) is 90.9 Å². The van der Waals surface area contributed by atoms with Crippen molar-refractivity contribution in [2.75, 3.05) is 54.4 Å². The van der Waals surface area contributed by atoms with Gasteiger partial charge < -0.3 is 19.9 Å². The summed E-state index contributed by atoms with van der Waals surface area (Å²) in [5.74, 6) is -0.597. The van der Waals surface area contributed by atoms with E-state index in [4.69, 9.17) is 4.74 Å². The first-order valence-corrected chi connectivity index (χ1v) is 14.0. The van der Waals surface area contributed by atoms with Crippen LogP contribution in [0.1, 0.15) is 66.7 Å². The number of methoxy groups -OCH3 is 1. The van der Waals surface area contributed by atoms with Crippen LogP contribution in [0.25, 0.3) is 0 Å². The second-order valence-corrected chi connectivity index (χ2v) is 12.5. The van der Waals surface area contributed by atoms with Gasteiger partial charge in [-0.3, -0.25) is 24.2 Å². The third kappa shape index (κ3) is 8.15. The minimum Gasteiger partial charge on any atom is -0.467 e. The summed E-state index contributed by atoms with van der Waals surface area (Å²) < 4.78 is 4.87. The Morgan fingerprint density at radius 2 is 1.63 bits per heavy atom. The smallest absolute Gasteiger partial charge is 0.328 e. The molecule has 2 heterocycles. The molecule has 2 fully saturated rings. The van der Waals surface area contributed by atoms with Crippen LogP contribution in [-0.2, 0) is 23.9 Å². The van der Waals surface area contributed by atoms with Gasteiger partial charge in [-0.1, -0.05) is 41.0 Å². The number of nitrogens with one attached hydrogen (secondary N) is 1. The number of rotatable bonds is 10. The monoisotopic (exact) mass is 537 g/mol. The Hall–Kier alpha value is -2.20. The first-order chi connectivity index (χ1) is 17.7. The summed E-state index contributed by atoms with van der Waals surface area (Å²) in [5.41, 5.74) is -0.476. The molecule has 2 unspecified atom stereocenters. The number of piperidine rings is 1. The van der Waals surface area contributed by atoms with E-state index < -0.39 is 17.5 Å². The van der Waals surface area contributed by atoms with Crippen LogP contribution in [0.5, 0.6) is 0 Å². The number of hydrogen-bond donors (Lipinski definition) is 1. The van der Waals surface area contributed by atoms with Gasteiger partial charge in [0, 0.05) is 26.2 Å². The van der Waals surface area contributed by atoms with Crippen molar-refractivity contribution >= 4 is 23.7 Å². The lowest BCUT2D eigenvalue weighted by molar-refractivity contribution is -0.151. The van der Waals surface area contributed by atoms with Crippen LogP contribution in [0.2, 0.25) is 0 Å². The quantitative estimate of drug-likeness (QED) is 0.422. The number of carbonyl (C=O) groups is 4. The molecule has 0 aromatic heterocycles. The molecule has 2 rings (SSSR count). The number of esters is 1. The van der Waals surface area contributed by atoms with E-state index in [2.05, 4.69) is 24.1 Å². The van der Waals surface area contributed by atoms with Crippen LogP contribution in [0.4, 0.5) is 0 Å². The number of ether oxygens (including phenoxy) is 1. The normalized spacial score (nSPS) is 22.3. The summed E-state index contributed by atoms with van der Waals surface area (Å²) in [4.78, 5) is 59.5. The van der Waals surface area contributed by atoms with E-state index in [-0.39, 0.29) is 48.2 Å². The highest BCUT2D eigenvalue weighted by Crippen LogP contribution is 2.25. The topological polar surface area (TPSA) is 102 Å². The molecular formula is C28H51N5O5. The first kappa shape index (κ1) is 32.0. The second-order valence-electron chi connectivity index (χ2n) is 12.5. The number of carbonyl (C=O) groups excluding carboxylic acids is 4. The molecule has 38 heavy (non-hydrogen) atoms. The molecule has 218 valence electrons. The molecule has 0 saturated carbocycles. The van der Waals surface area contributed by atoms with Crippen LogP contribution in [0.3, 0.4) is 0 Å². The van der Waals surface area contributed by atoms with E-state index in [9.17, 15) is 19.2 Å². The van der Waals surface area contributed by atoms with Crippen LogP contribution >= 0.6 is 0 Å². The Balaban J connectivity index is 2.10. The summed E-state index contributed by atoms with van der Waals surface area (Å²) in [7, 11) is 6.95. The number of likely N-dealkylation sites (tertiary alicyclic amines) is 2. The van der Waals surface area contributed by atoms with Gasteiger partial charge in [0.05, 0.1) is 19.7 Å². The Bertz CT molecular complexity index is 842. The molecule has 2 saturated heterocycles. The predicted molar refractivity (Wildman–Crippen MR) is 147 cm³/mol. The fraction of sp³-hybridized carbons (Fsp3) is 0.857. The van der Waals surface area contributed by atoms with Crippen molar-refractivity contribution in [1.82, 2.24) is 24.9 Å². The highest BCUT2D eigenvalue weighted by molar-refractivity contribution is 5.90. The molecule has 0 radical (unpaired) electrons. The number of amides is 3. The summed E-state index contributed by atoms with van der Waals surface area (Å²) in [5, 5.41) is 3.09.